The second kappa shape index (κ2) is 12.4. The first-order valence-corrected chi connectivity index (χ1v) is 21.7. The van der Waals surface area contributed by atoms with Crippen LogP contribution in [0.2, 0.25) is 0 Å². The molecule has 6 bridgehead atoms. The highest BCUT2D eigenvalue weighted by Gasteiger charge is 2.19. The first kappa shape index (κ1) is 33.9. The zero-order valence-corrected chi connectivity index (χ0v) is 34.2. The lowest BCUT2D eigenvalue weighted by molar-refractivity contribution is 0.978. The van der Waals surface area contributed by atoms with Gasteiger partial charge in [0.2, 0.25) is 11.7 Å². The summed E-state index contributed by atoms with van der Waals surface area (Å²) >= 11 is 0. The van der Waals surface area contributed by atoms with Gasteiger partial charge in [0.15, 0.2) is 5.65 Å². The minimum Gasteiger partial charge on any atom is -0.309 e. The maximum absolute atomic E-state index is 5.55. The fraction of sp³-hybridized carbons (Fsp3) is 0. The Hall–Kier alpha value is -8.81. The van der Waals surface area contributed by atoms with Crippen LogP contribution in [0.3, 0.4) is 0 Å². The molecule has 0 saturated heterocycles. The van der Waals surface area contributed by atoms with Gasteiger partial charge in [0, 0.05) is 59.4 Å². The summed E-state index contributed by atoms with van der Waals surface area (Å²) in [5, 5.41) is 12.5. The molecule has 7 heteroatoms. The standard InChI is InChI=1S/C57H33N7/c1-8-23-47-39(16-1)43-31-29-35-33-53(43)62(47)51-27-12-6-19-45(51)55-58-56(63-48-24-9-2-14-37(48)38-15-3-10-25-49(38)63)60-57(59-55)64-50-26-11-4-17-40(50)42-30-28-34(32-52(42)64)36-20-13-21-44-41-18-5-7-22-46(41)61(35)54(36)44/h1-33H. The fourth-order valence-electron chi connectivity index (χ4n) is 10.9. The Morgan fingerprint density at radius 1 is 0.281 bits per heavy atom. The highest BCUT2D eigenvalue weighted by atomic mass is 15.2. The Labute approximate surface area is 363 Å². The van der Waals surface area contributed by atoms with E-state index in [1.54, 1.807) is 0 Å². The summed E-state index contributed by atoms with van der Waals surface area (Å²) in [7, 11) is 0. The van der Waals surface area contributed by atoms with Crippen LogP contribution >= 0.6 is 0 Å². The topological polar surface area (TPSA) is 56.8 Å². The predicted molar refractivity (Wildman–Crippen MR) is 265 cm³/mol. The van der Waals surface area contributed by atoms with Gasteiger partial charge in [-0.25, -0.2) is 0 Å². The van der Waals surface area contributed by atoms with Crippen molar-refractivity contribution in [2.45, 2.75) is 0 Å². The Balaban J connectivity index is 1.27. The number of para-hydroxylation sites is 7. The van der Waals surface area contributed by atoms with E-state index in [0.717, 1.165) is 92.9 Å². The molecule has 0 unspecified atom stereocenters. The zero-order chi connectivity index (χ0) is 41.6. The third-order valence-corrected chi connectivity index (χ3v) is 13.6. The Morgan fingerprint density at radius 3 is 1.39 bits per heavy atom. The van der Waals surface area contributed by atoms with Gasteiger partial charge < -0.3 is 8.80 Å². The number of nitrogens with zero attached hydrogens (tertiary/aromatic N) is 7. The quantitative estimate of drug-likeness (QED) is 0.166. The monoisotopic (exact) mass is 815 g/mol. The first-order chi connectivity index (χ1) is 31.8. The smallest absolute Gasteiger partial charge is 0.240 e. The van der Waals surface area contributed by atoms with Gasteiger partial charge in [0.1, 0.15) is 0 Å². The number of aromatic nitrogens is 7. The first-order valence-electron chi connectivity index (χ1n) is 21.7. The van der Waals surface area contributed by atoms with E-state index < -0.39 is 0 Å². The van der Waals surface area contributed by atoms with Crippen LogP contribution in [-0.4, -0.2) is 32.7 Å². The second-order valence-corrected chi connectivity index (χ2v) is 16.8. The van der Waals surface area contributed by atoms with Crippen molar-refractivity contribution in [1.29, 1.82) is 0 Å². The van der Waals surface area contributed by atoms with Gasteiger partial charge in [-0.1, -0.05) is 140 Å². The number of hydrogen-bond donors (Lipinski definition) is 0. The van der Waals surface area contributed by atoms with Gasteiger partial charge >= 0.3 is 0 Å². The van der Waals surface area contributed by atoms with Crippen molar-refractivity contribution in [3.8, 4) is 5.95 Å². The molecule has 15 aromatic rings. The van der Waals surface area contributed by atoms with Crippen molar-refractivity contribution in [3.05, 3.63) is 200 Å². The number of hydrogen-bond acceptors (Lipinski definition) is 3. The molecule has 7 nitrogen and oxygen atoms in total. The van der Waals surface area contributed by atoms with Crippen molar-refractivity contribution >= 4 is 126 Å². The minimum absolute atomic E-state index is 0.545. The molecule has 0 aliphatic heterocycles. The second-order valence-electron chi connectivity index (χ2n) is 16.8. The largest absolute Gasteiger partial charge is 0.309 e. The van der Waals surface area contributed by atoms with Crippen LogP contribution in [0.15, 0.2) is 200 Å². The normalized spacial score (nSPS) is 12.4. The molecule has 296 valence electrons. The number of rotatable bonds is 1. The van der Waals surface area contributed by atoms with Crippen molar-refractivity contribution < 1.29 is 0 Å². The van der Waals surface area contributed by atoms with E-state index in [-0.39, 0.29) is 0 Å². The van der Waals surface area contributed by atoms with Gasteiger partial charge in [-0.3, -0.25) is 8.97 Å². The van der Waals surface area contributed by atoms with E-state index >= 15 is 0 Å². The van der Waals surface area contributed by atoms with Crippen LogP contribution in [0.4, 0.5) is 0 Å². The minimum atomic E-state index is 0.545. The molecule has 0 atom stereocenters. The lowest BCUT2D eigenvalue weighted by atomic mass is 10.1. The van der Waals surface area contributed by atoms with Crippen LogP contribution in [0.5, 0.6) is 0 Å². The fourth-order valence-corrected chi connectivity index (χ4v) is 10.9. The van der Waals surface area contributed by atoms with Crippen LogP contribution in [-0.2, 0) is 0 Å². The Morgan fingerprint density at radius 2 is 0.734 bits per heavy atom. The molecular weight excluding hydrogens is 783 g/mol. The highest BCUT2D eigenvalue weighted by molar-refractivity contribution is 6.20. The summed E-state index contributed by atoms with van der Waals surface area (Å²) in [6.45, 7) is 0. The molecule has 9 aromatic carbocycles. The SMILES string of the molecule is c1ccc2c(c1)c1ccccc1n2-c1nc2nc(n1)n1c3ccccc3c3ccc(cc31)c1cccc3c4ccccc4n(c4ccc5c6ccccc6n(c6ccccc26)c5c4)c13. The summed E-state index contributed by atoms with van der Waals surface area (Å²) in [4.78, 5) is 16.6. The molecular formula is C57H33N7. The van der Waals surface area contributed by atoms with E-state index in [1.807, 2.05) is 0 Å². The van der Waals surface area contributed by atoms with Gasteiger partial charge in [-0.15, -0.1) is 0 Å². The molecule has 0 aliphatic carbocycles. The van der Waals surface area contributed by atoms with Gasteiger partial charge in [-0.05, 0) is 66.0 Å². The molecule has 0 amide bonds. The van der Waals surface area contributed by atoms with Gasteiger partial charge in [0.05, 0.1) is 49.7 Å². The van der Waals surface area contributed by atoms with E-state index in [4.69, 9.17) is 15.0 Å². The Kier molecular flexibility index (Phi) is 6.56. The summed E-state index contributed by atoms with van der Waals surface area (Å²) < 4.78 is 9.31. The molecule has 0 radical (unpaired) electrons. The zero-order valence-electron chi connectivity index (χ0n) is 34.2. The summed E-state index contributed by atoms with van der Waals surface area (Å²) in [6, 6.07) is 72.3. The molecule has 64 heavy (non-hydrogen) atoms. The molecule has 0 aliphatic rings. The molecule has 0 N–H and O–H groups in total. The van der Waals surface area contributed by atoms with Crippen molar-refractivity contribution in [2.24, 2.45) is 0 Å². The maximum atomic E-state index is 5.55. The predicted octanol–water partition coefficient (Wildman–Crippen LogP) is 14.1. The Bertz CT molecular complexity index is 4570. The molecule has 0 fully saturated rings. The van der Waals surface area contributed by atoms with E-state index in [0.29, 0.717) is 17.4 Å². The van der Waals surface area contributed by atoms with Crippen molar-refractivity contribution in [3.63, 3.8) is 0 Å². The average molecular weight is 816 g/mol. The van der Waals surface area contributed by atoms with E-state index in [2.05, 4.69) is 218 Å². The lowest BCUT2D eigenvalue weighted by Gasteiger charge is -2.09. The van der Waals surface area contributed by atoms with Crippen molar-refractivity contribution in [1.82, 2.24) is 32.7 Å². The van der Waals surface area contributed by atoms with E-state index in [1.165, 1.54) is 21.5 Å². The maximum Gasteiger partial charge on any atom is 0.240 e. The average Bonchev–Trinajstić information content (AvgIpc) is 4.08. The third-order valence-electron chi connectivity index (χ3n) is 13.6. The molecule has 0 saturated carbocycles. The summed E-state index contributed by atoms with van der Waals surface area (Å²) in [5.41, 5.74) is 11.3. The molecule has 15 rings (SSSR count). The summed E-state index contributed by atoms with van der Waals surface area (Å²) in [6.07, 6.45) is 0. The molecule has 6 heterocycles. The van der Waals surface area contributed by atoms with Gasteiger partial charge in [-0.2, -0.15) is 15.0 Å². The lowest BCUT2D eigenvalue weighted by Crippen LogP contribution is -2.05. The van der Waals surface area contributed by atoms with Crippen LogP contribution in [0, 0.1) is 0 Å². The highest BCUT2D eigenvalue weighted by Crippen LogP contribution is 2.39. The van der Waals surface area contributed by atoms with E-state index in [9.17, 15) is 0 Å². The third kappa shape index (κ3) is 4.41. The summed E-state index contributed by atoms with van der Waals surface area (Å²) in [5.74, 6) is 1.10. The van der Waals surface area contributed by atoms with Crippen molar-refractivity contribution in [2.75, 3.05) is 0 Å². The molecule has 0 spiro atoms. The molecule has 6 aromatic heterocycles. The number of benzene rings is 9. The van der Waals surface area contributed by atoms with Crippen LogP contribution in [0.1, 0.15) is 0 Å². The van der Waals surface area contributed by atoms with Gasteiger partial charge in [0.25, 0.3) is 0 Å². The van der Waals surface area contributed by atoms with Crippen LogP contribution in [0.25, 0.3) is 132 Å². The number of fused-ring (bicyclic) bond motifs is 22. The van der Waals surface area contributed by atoms with Crippen LogP contribution < -0.4 is 0 Å².